The number of benzene rings is 1. The molecule has 1 atom stereocenters. The molecule has 0 saturated heterocycles. The fourth-order valence-electron chi connectivity index (χ4n) is 1.17. The van der Waals surface area contributed by atoms with Crippen LogP contribution in [0.3, 0.4) is 0 Å². The lowest BCUT2D eigenvalue weighted by Crippen LogP contribution is -2.15. The molecule has 0 aliphatic heterocycles. The van der Waals surface area contributed by atoms with Gasteiger partial charge in [0.2, 0.25) is 0 Å². The first-order valence-corrected chi connectivity index (χ1v) is 4.71. The van der Waals surface area contributed by atoms with Gasteiger partial charge in [-0.2, -0.15) is 0 Å². The first kappa shape index (κ1) is 12.2. The van der Waals surface area contributed by atoms with Gasteiger partial charge in [0.05, 0.1) is 6.10 Å². The van der Waals surface area contributed by atoms with Gasteiger partial charge in [-0.25, -0.2) is 5.48 Å². The number of phenols is 1. The summed E-state index contributed by atoms with van der Waals surface area (Å²) in [6, 6.07) is 6.14. The van der Waals surface area contributed by atoms with E-state index in [1.54, 1.807) is 12.1 Å². The average molecular weight is 223 g/mol. The van der Waals surface area contributed by atoms with Gasteiger partial charge >= 0.3 is 0 Å². The van der Waals surface area contributed by atoms with Gasteiger partial charge < -0.3 is 10.2 Å². The minimum atomic E-state index is -0.747. The summed E-state index contributed by atoms with van der Waals surface area (Å²) in [5, 5.41) is 26.9. The molecule has 0 saturated carbocycles. The van der Waals surface area contributed by atoms with Crippen LogP contribution in [0.15, 0.2) is 36.4 Å². The topological polar surface area (TPSA) is 89.8 Å². The Morgan fingerprint density at radius 1 is 1.38 bits per heavy atom. The lowest BCUT2D eigenvalue weighted by molar-refractivity contribution is -0.124. The summed E-state index contributed by atoms with van der Waals surface area (Å²) in [4.78, 5) is 10.6. The summed E-state index contributed by atoms with van der Waals surface area (Å²) in [6.07, 6.45) is 2.08. The lowest BCUT2D eigenvalue weighted by Gasteiger charge is -2.07. The molecule has 0 unspecified atom stereocenters. The molecule has 86 valence electrons. The van der Waals surface area contributed by atoms with E-state index >= 15 is 0 Å². The van der Waals surface area contributed by atoms with E-state index in [1.165, 1.54) is 23.7 Å². The van der Waals surface area contributed by atoms with Crippen LogP contribution in [0.5, 0.6) is 5.75 Å². The second kappa shape index (κ2) is 5.89. The molecule has 0 aromatic heterocycles. The van der Waals surface area contributed by atoms with E-state index in [0.29, 0.717) is 5.56 Å². The van der Waals surface area contributed by atoms with E-state index in [1.807, 2.05) is 0 Å². The number of carbonyl (C=O) groups is 1. The Bertz CT molecular complexity index is 372. The highest BCUT2D eigenvalue weighted by Gasteiger charge is 2.05. The minimum Gasteiger partial charge on any atom is -0.508 e. The molecular weight excluding hydrogens is 210 g/mol. The fourth-order valence-corrected chi connectivity index (χ4v) is 1.17. The van der Waals surface area contributed by atoms with Crippen LogP contribution in [-0.2, 0) is 4.79 Å². The van der Waals surface area contributed by atoms with Gasteiger partial charge in [-0.1, -0.05) is 18.2 Å². The number of amides is 1. The number of hydroxylamine groups is 1. The molecule has 0 spiro atoms. The molecule has 1 amide bonds. The van der Waals surface area contributed by atoms with Crippen LogP contribution in [0.2, 0.25) is 0 Å². The first-order valence-electron chi connectivity index (χ1n) is 4.71. The van der Waals surface area contributed by atoms with E-state index in [-0.39, 0.29) is 12.2 Å². The standard InChI is InChI=1S/C11H13NO4/c13-9-6-4-8(5-7-9)10(14)2-1-3-11(15)12-16/h1,3-7,10,13-14,16H,2H2,(H,12,15)/b3-1+/t10-/m1/s1. The van der Waals surface area contributed by atoms with Crippen LogP contribution in [0.1, 0.15) is 18.1 Å². The van der Waals surface area contributed by atoms with Gasteiger partial charge in [0.25, 0.3) is 5.91 Å². The molecular formula is C11H13NO4. The van der Waals surface area contributed by atoms with Gasteiger partial charge in [-0.3, -0.25) is 10.0 Å². The number of phenolic OH excluding ortho intramolecular Hbond substituents is 1. The van der Waals surface area contributed by atoms with Crippen molar-refractivity contribution in [3.05, 3.63) is 42.0 Å². The van der Waals surface area contributed by atoms with Crippen molar-refractivity contribution in [3.8, 4) is 5.75 Å². The third-order valence-corrected chi connectivity index (χ3v) is 2.02. The molecule has 0 fully saturated rings. The Balaban J connectivity index is 2.52. The molecule has 16 heavy (non-hydrogen) atoms. The number of aliphatic hydroxyl groups is 1. The number of hydrogen-bond donors (Lipinski definition) is 4. The summed E-state index contributed by atoms with van der Waals surface area (Å²) < 4.78 is 0. The Morgan fingerprint density at radius 3 is 2.56 bits per heavy atom. The number of aromatic hydroxyl groups is 1. The maximum Gasteiger partial charge on any atom is 0.267 e. The highest BCUT2D eigenvalue weighted by Crippen LogP contribution is 2.19. The number of rotatable bonds is 4. The largest absolute Gasteiger partial charge is 0.508 e. The van der Waals surface area contributed by atoms with Gasteiger partial charge in [0, 0.05) is 6.08 Å². The number of hydrogen-bond acceptors (Lipinski definition) is 4. The Labute approximate surface area is 92.6 Å². The van der Waals surface area contributed by atoms with Gasteiger partial charge in [-0.15, -0.1) is 0 Å². The number of aliphatic hydroxyl groups excluding tert-OH is 1. The van der Waals surface area contributed by atoms with Gasteiger partial charge in [-0.05, 0) is 24.1 Å². The van der Waals surface area contributed by atoms with Crippen molar-refractivity contribution >= 4 is 5.91 Å². The second-order valence-electron chi connectivity index (χ2n) is 3.22. The molecule has 0 bridgehead atoms. The molecule has 5 heteroatoms. The predicted octanol–water partition coefficient (Wildman–Crippen LogP) is 0.877. The zero-order valence-electron chi connectivity index (χ0n) is 8.50. The molecule has 0 aliphatic carbocycles. The third-order valence-electron chi connectivity index (χ3n) is 2.02. The molecule has 0 aliphatic rings. The smallest absolute Gasteiger partial charge is 0.267 e. The van der Waals surface area contributed by atoms with E-state index in [4.69, 9.17) is 10.3 Å². The van der Waals surface area contributed by atoms with E-state index in [0.717, 1.165) is 6.08 Å². The monoisotopic (exact) mass is 223 g/mol. The average Bonchev–Trinajstić information content (AvgIpc) is 2.29. The minimum absolute atomic E-state index is 0.131. The summed E-state index contributed by atoms with van der Waals surface area (Å²) in [6.45, 7) is 0. The fraction of sp³-hybridized carbons (Fsp3) is 0.182. The zero-order valence-corrected chi connectivity index (χ0v) is 8.50. The third kappa shape index (κ3) is 3.72. The Morgan fingerprint density at radius 2 is 2.00 bits per heavy atom. The molecule has 0 heterocycles. The maximum atomic E-state index is 10.6. The van der Waals surface area contributed by atoms with E-state index in [2.05, 4.69) is 0 Å². The van der Waals surface area contributed by atoms with Crippen molar-refractivity contribution in [2.45, 2.75) is 12.5 Å². The quantitative estimate of drug-likeness (QED) is 0.346. The summed E-state index contributed by atoms with van der Waals surface area (Å²) in [5.41, 5.74) is 2.09. The highest BCUT2D eigenvalue weighted by molar-refractivity contribution is 5.86. The molecule has 5 nitrogen and oxygen atoms in total. The summed E-state index contributed by atoms with van der Waals surface area (Å²) in [7, 11) is 0. The van der Waals surface area contributed by atoms with Crippen molar-refractivity contribution in [2.24, 2.45) is 0 Å². The SMILES string of the molecule is O=C(/C=C/C[C@@H](O)c1ccc(O)cc1)NO. The van der Waals surface area contributed by atoms with E-state index < -0.39 is 12.0 Å². The first-order chi connectivity index (χ1) is 7.63. The number of nitrogens with one attached hydrogen (secondary N) is 1. The molecule has 1 aromatic rings. The Kier molecular flexibility index (Phi) is 4.50. The molecule has 1 rings (SSSR count). The van der Waals surface area contributed by atoms with Crippen molar-refractivity contribution in [1.82, 2.24) is 5.48 Å². The maximum absolute atomic E-state index is 10.6. The van der Waals surface area contributed by atoms with Crippen LogP contribution in [0.25, 0.3) is 0 Å². The van der Waals surface area contributed by atoms with Gasteiger partial charge in [0.1, 0.15) is 5.75 Å². The molecule has 1 aromatic carbocycles. The van der Waals surface area contributed by atoms with Crippen LogP contribution in [0, 0.1) is 0 Å². The summed E-state index contributed by atoms with van der Waals surface area (Å²) >= 11 is 0. The predicted molar refractivity (Wildman–Crippen MR) is 56.8 cm³/mol. The molecule has 0 radical (unpaired) electrons. The van der Waals surface area contributed by atoms with Crippen molar-refractivity contribution in [2.75, 3.05) is 0 Å². The van der Waals surface area contributed by atoms with Gasteiger partial charge in [0.15, 0.2) is 0 Å². The van der Waals surface area contributed by atoms with Crippen molar-refractivity contribution in [1.29, 1.82) is 0 Å². The Hall–Kier alpha value is -1.85. The van der Waals surface area contributed by atoms with Crippen LogP contribution >= 0.6 is 0 Å². The van der Waals surface area contributed by atoms with Crippen LogP contribution in [-0.4, -0.2) is 21.3 Å². The normalized spacial score (nSPS) is 12.6. The highest BCUT2D eigenvalue weighted by atomic mass is 16.5. The lowest BCUT2D eigenvalue weighted by atomic mass is 10.1. The second-order valence-corrected chi connectivity index (χ2v) is 3.22. The summed E-state index contributed by atoms with van der Waals surface area (Å²) in [5.74, 6) is -0.510. The van der Waals surface area contributed by atoms with Crippen molar-refractivity contribution in [3.63, 3.8) is 0 Å². The van der Waals surface area contributed by atoms with E-state index in [9.17, 15) is 9.90 Å². The van der Waals surface area contributed by atoms with Crippen molar-refractivity contribution < 1.29 is 20.2 Å². The zero-order chi connectivity index (χ0) is 12.0. The number of carbonyl (C=O) groups excluding carboxylic acids is 1. The van der Waals surface area contributed by atoms with Crippen LogP contribution in [0.4, 0.5) is 0 Å². The molecule has 4 N–H and O–H groups in total. The van der Waals surface area contributed by atoms with Crippen LogP contribution < -0.4 is 5.48 Å².